The maximum absolute atomic E-state index is 11.0. The van der Waals surface area contributed by atoms with Gasteiger partial charge in [0.25, 0.3) is 0 Å². The molecule has 0 unspecified atom stereocenters. The first-order valence-corrected chi connectivity index (χ1v) is 9.38. The third-order valence-electron chi connectivity index (χ3n) is 2.65. The number of hydrogen-bond donors (Lipinski definition) is 1. The van der Waals surface area contributed by atoms with E-state index in [1.165, 1.54) is 31.4 Å². The van der Waals surface area contributed by atoms with Crippen molar-refractivity contribution in [3.8, 4) is 0 Å². The van der Waals surface area contributed by atoms with Gasteiger partial charge in [-0.15, -0.1) is 0 Å². The Hall–Kier alpha value is -0.0300. The van der Waals surface area contributed by atoms with Crippen molar-refractivity contribution < 1.29 is 11.0 Å². The molecule has 0 saturated heterocycles. The van der Waals surface area contributed by atoms with Gasteiger partial charge in [0.15, 0.2) is 0 Å². The first-order chi connectivity index (χ1) is 8.74. The Bertz CT molecular complexity index is 209. The van der Waals surface area contributed by atoms with E-state index in [2.05, 4.69) is 19.2 Å². The van der Waals surface area contributed by atoms with E-state index < -0.39 is 0 Å². The van der Waals surface area contributed by atoms with E-state index >= 15 is 0 Å². The van der Waals surface area contributed by atoms with Crippen molar-refractivity contribution in [1.82, 2.24) is 5.32 Å². The van der Waals surface area contributed by atoms with Crippen LogP contribution in [0.5, 0.6) is 0 Å². The molecule has 0 saturated carbocycles. The lowest BCUT2D eigenvalue weighted by atomic mass is 10.0. The van der Waals surface area contributed by atoms with Crippen molar-refractivity contribution in [2.75, 3.05) is 24.7 Å². The molecule has 0 aromatic carbocycles. The maximum Gasteiger partial charge on any atom is 0.407 e. The third-order valence-corrected chi connectivity index (χ3v) is 5.17. The number of alkyl carbamates (subject to hydrolysis) is 1. The van der Waals surface area contributed by atoms with E-state index in [4.69, 9.17) is 4.74 Å². The molecule has 0 aliphatic heterocycles. The molecule has 0 aliphatic rings. The van der Waals surface area contributed by atoms with Gasteiger partial charge in [0.1, 0.15) is 6.61 Å². The predicted octanol–water partition coefficient (Wildman–Crippen LogP) is 4.58. The van der Waals surface area contributed by atoms with Crippen molar-refractivity contribution in [2.45, 2.75) is 46.5 Å². The quantitative estimate of drug-likeness (QED) is 0.447. The summed E-state index contributed by atoms with van der Waals surface area (Å²) in [4.78, 5) is 11.0. The number of rotatable bonds is 11. The van der Waals surface area contributed by atoms with E-state index in [-0.39, 0.29) is 7.52 Å². The van der Waals surface area contributed by atoms with Gasteiger partial charge in [0.05, 0.1) is 0 Å². The van der Waals surface area contributed by atoms with Gasteiger partial charge in [0, 0.05) is 19.5 Å². The summed E-state index contributed by atoms with van der Waals surface area (Å²) < 4.78 is 5.00. The summed E-state index contributed by atoms with van der Waals surface area (Å²) in [5.41, 5.74) is 0. The monoisotopic (exact) mass is 295 g/mol. The lowest BCUT2D eigenvalue weighted by Gasteiger charge is -2.13. The Morgan fingerprint density at radius 3 is 2.72 bits per heavy atom. The van der Waals surface area contributed by atoms with Crippen molar-refractivity contribution in [3.63, 3.8) is 0 Å². The lowest BCUT2D eigenvalue weighted by molar-refractivity contribution is 0.154. The molecule has 5 heteroatoms. The Kier molecular flexibility index (Phi) is 13.4. The van der Waals surface area contributed by atoms with Gasteiger partial charge in [-0.2, -0.15) is 0 Å². The van der Waals surface area contributed by atoms with E-state index in [0.717, 1.165) is 11.7 Å². The average molecular weight is 296 g/mol. The average Bonchev–Trinajstić information content (AvgIpc) is 2.37. The van der Waals surface area contributed by atoms with Crippen LogP contribution in [0.3, 0.4) is 0 Å². The van der Waals surface area contributed by atoms with Crippen LogP contribution in [-0.4, -0.2) is 30.8 Å². The van der Waals surface area contributed by atoms with Crippen LogP contribution in [-0.2, 0) is 4.74 Å². The van der Waals surface area contributed by atoms with Gasteiger partial charge >= 0.3 is 6.09 Å². The summed E-state index contributed by atoms with van der Waals surface area (Å²) in [6, 6.07) is 0. The number of unbranched alkanes of at least 4 members (excludes halogenated alkanes) is 1. The van der Waals surface area contributed by atoms with Crippen LogP contribution in [0.2, 0.25) is 0 Å². The standard InChI is InChI=1S/C13H27NO2S2.H2/c1-4-7-8-12(5-2)11-18-17-10-9-16-13(15)14-6-3;/h12H,4-11H2,1-3H3,(H,14,15);1H/t12-;/m1./s1. The molecule has 1 atom stereocenters. The largest absolute Gasteiger partial charge is 0.449 e. The van der Waals surface area contributed by atoms with Crippen LogP contribution in [0.25, 0.3) is 0 Å². The zero-order valence-electron chi connectivity index (χ0n) is 11.9. The molecule has 0 spiro atoms. The molecular weight excluding hydrogens is 266 g/mol. The molecule has 0 aliphatic carbocycles. The fraction of sp³-hybridized carbons (Fsp3) is 0.923. The fourth-order valence-electron chi connectivity index (χ4n) is 1.47. The van der Waals surface area contributed by atoms with E-state index in [1.54, 1.807) is 10.8 Å². The Morgan fingerprint density at radius 2 is 2.11 bits per heavy atom. The highest BCUT2D eigenvalue weighted by Gasteiger charge is 2.06. The highest BCUT2D eigenvalue weighted by Crippen LogP contribution is 2.27. The summed E-state index contributed by atoms with van der Waals surface area (Å²) in [5.74, 6) is 2.92. The van der Waals surface area contributed by atoms with Gasteiger partial charge in [-0.05, 0) is 19.3 Å². The molecule has 0 bridgehead atoms. The second-order valence-electron chi connectivity index (χ2n) is 4.19. The first-order valence-electron chi connectivity index (χ1n) is 6.89. The first kappa shape index (κ1) is 18.0. The zero-order valence-corrected chi connectivity index (χ0v) is 13.5. The summed E-state index contributed by atoms with van der Waals surface area (Å²) in [5, 5.41) is 2.61. The number of ether oxygens (including phenoxy) is 1. The summed E-state index contributed by atoms with van der Waals surface area (Å²) in [7, 11) is 3.71. The van der Waals surface area contributed by atoms with Crippen molar-refractivity contribution in [3.05, 3.63) is 0 Å². The molecule has 0 aromatic rings. The summed E-state index contributed by atoms with van der Waals surface area (Å²) in [6.07, 6.45) is 4.93. The predicted molar refractivity (Wildman–Crippen MR) is 85.4 cm³/mol. The Morgan fingerprint density at radius 1 is 1.33 bits per heavy atom. The van der Waals surface area contributed by atoms with Crippen LogP contribution < -0.4 is 5.32 Å². The van der Waals surface area contributed by atoms with Gasteiger partial charge in [-0.25, -0.2) is 4.79 Å². The third kappa shape index (κ3) is 11.1. The number of carbonyl (C=O) groups is 1. The van der Waals surface area contributed by atoms with E-state index in [9.17, 15) is 4.79 Å². The number of nitrogens with one attached hydrogen (secondary N) is 1. The fourth-order valence-corrected chi connectivity index (χ4v) is 3.85. The Balaban J connectivity index is 0. The van der Waals surface area contributed by atoms with Crippen LogP contribution in [0.4, 0.5) is 4.79 Å². The van der Waals surface area contributed by atoms with Crippen LogP contribution in [0.1, 0.15) is 47.9 Å². The van der Waals surface area contributed by atoms with E-state index in [1.807, 2.05) is 17.7 Å². The normalized spacial score (nSPS) is 12.2. The summed E-state index contributed by atoms with van der Waals surface area (Å²) >= 11 is 0. The van der Waals surface area contributed by atoms with E-state index in [0.29, 0.717) is 13.2 Å². The highest BCUT2D eigenvalue weighted by atomic mass is 33.1. The molecule has 110 valence electrons. The minimum atomic E-state index is -0.308. The van der Waals surface area contributed by atoms with Crippen LogP contribution in [0.15, 0.2) is 0 Å². The minimum Gasteiger partial charge on any atom is -0.449 e. The smallest absolute Gasteiger partial charge is 0.407 e. The topological polar surface area (TPSA) is 38.3 Å². The SMILES string of the molecule is CCCC[C@@H](CC)CSSCCOC(=O)NCC.[HH]. The molecule has 0 aromatic heterocycles. The van der Waals surface area contributed by atoms with Gasteiger partial charge in [-0.1, -0.05) is 54.7 Å². The van der Waals surface area contributed by atoms with Crippen molar-refractivity contribution in [2.24, 2.45) is 5.92 Å². The van der Waals surface area contributed by atoms with Crippen LogP contribution >= 0.6 is 21.6 Å². The number of carbonyl (C=O) groups excluding carboxylic acids is 1. The van der Waals surface area contributed by atoms with Crippen molar-refractivity contribution in [1.29, 1.82) is 0 Å². The number of hydrogen-bond acceptors (Lipinski definition) is 4. The molecule has 1 amide bonds. The lowest BCUT2D eigenvalue weighted by Crippen LogP contribution is -2.24. The van der Waals surface area contributed by atoms with Crippen molar-refractivity contribution >= 4 is 27.7 Å². The molecule has 0 rings (SSSR count). The zero-order chi connectivity index (χ0) is 13.6. The molecule has 1 N–H and O–H groups in total. The van der Waals surface area contributed by atoms with Crippen LogP contribution in [0, 0.1) is 5.92 Å². The second kappa shape index (κ2) is 13.4. The minimum absolute atomic E-state index is 0. The molecule has 0 heterocycles. The highest BCUT2D eigenvalue weighted by molar-refractivity contribution is 8.76. The van der Waals surface area contributed by atoms with Gasteiger partial charge in [-0.3, -0.25) is 0 Å². The molecule has 3 nitrogen and oxygen atoms in total. The van der Waals surface area contributed by atoms with Gasteiger partial charge in [0.2, 0.25) is 0 Å². The number of amides is 1. The molecule has 0 fully saturated rings. The molecule has 18 heavy (non-hydrogen) atoms. The second-order valence-corrected chi connectivity index (χ2v) is 6.82. The maximum atomic E-state index is 11.0. The summed E-state index contributed by atoms with van der Waals surface area (Å²) in [6.45, 7) is 7.51. The molecule has 0 radical (unpaired) electrons. The Labute approximate surface area is 121 Å². The van der Waals surface area contributed by atoms with Gasteiger partial charge < -0.3 is 10.1 Å². The molecular formula is C13H29NO2S2.